The molecular weight excluding hydrogens is 378 g/mol. The van der Waals surface area contributed by atoms with Crippen LogP contribution in [0.2, 0.25) is 0 Å². The number of likely N-dealkylation sites (N-methyl/N-ethyl adjacent to an activating group) is 1. The average Bonchev–Trinajstić information content (AvgIpc) is 2.66. The number of carboxylic acid groups (broad SMARTS) is 1. The molecule has 2 aromatic carbocycles. The van der Waals surface area contributed by atoms with Gasteiger partial charge in [0.1, 0.15) is 6.54 Å². The fraction of sp³-hybridized carbons (Fsp3) is 0.238. The Bertz CT molecular complexity index is 864. The number of carbonyl (C=O) groups excluding carboxylic acids is 3. The predicted molar refractivity (Wildman–Crippen MR) is 108 cm³/mol. The van der Waals surface area contributed by atoms with E-state index in [0.29, 0.717) is 5.56 Å². The van der Waals surface area contributed by atoms with Crippen molar-refractivity contribution in [3.05, 3.63) is 60.2 Å². The number of thioether (sulfide) groups is 1. The quantitative estimate of drug-likeness (QED) is 0.686. The third kappa shape index (κ3) is 6.06. The molecule has 0 aliphatic rings. The molecule has 0 aromatic heterocycles. The van der Waals surface area contributed by atoms with E-state index in [2.05, 4.69) is 0 Å². The van der Waals surface area contributed by atoms with E-state index in [0.717, 1.165) is 27.8 Å². The molecule has 6 nitrogen and oxygen atoms in total. The zero-order valence-corrected chi connectivity index (χ0v) is 16.4. The summed E-state index contributed by atoms with van der Waals surface area (Å²) in [6.07, 6.45) is -0.243. The number of carboxylic acids is 1. The number of amides is 1. The molecule has 1 N–H and O–H groups in total. The minimum absolute atomic E-state index is 0.243. The maximum absolute atomic E-state index is 12.8. The van der Waals surface area contributed by atoms with Gasteiger partial charge in [-0.25, -0.2) is 0 Å². The second-order valence-corrected chi connectivity index (χ2v) is 7.63. The highest BCUT2D eigenvalue weighted by atomic mass is 32.2. The van der Waals surface area contributed by atoms with Crippen LogP contribution in [0.3, 0.4) is 0 Å². The topological polar surface area (TPSA) is 91.8 Å². The third-order valence-corrected chi connectivity index (χ3v) is 5.03. The van der Waals surface area contributed by atoms with Crippen LogP contribution in [0.15, 0.2) is 54.6 Å². The lowest BCUT2D eigenvalue weighted by molar-refractivity contribution is -0.143. The summed E-state index contributed by atoms with van der Waals surface area (Å²) in [5.41, 5.74) is 2.36. The molecule has 1 unspecified atom stereocenters. The van der Waals surface area contributed by atoms with Gasteiger partial charge in [0.05, 0.1) is 5.25 Å². The van der Waals surface area contributed by atoms with Gasteiger partial charge in [0, 0.05) is 26.0 Å². The Labute approximate surface area is 167 Å². The minimum atomic E-state index is -1.14. The molecule has 146 valence electrons. The van der Waals surface area contributed by atoms with Gasteiger partial charge in [0.2, 0.25) is 5.91 Å². The molecule has 0 fully saturated rings. The monoisotopic (exact) mass is 399 g/mol. The Kier molecular flexibility index (Phi) is 7.52. The number of Topliss-reactive ketones (excluding diaryl/α,β-unsaturated/α-hetero) is 1. The van der Waals surface area contributed by atoms with Crippen LogP contribution in [-0.4, -0.2) is 51.6 Å². The van der Waals surface area contributed by atoms with E-state index >= 15 is 0 Å². The summed E-state index contributed by atoms with van der Waals surface area (Å²) < 4.78 is 0. The maximum Gasteiger partial charge on any atom is 0.323 e. The van der Waals surface area contributed by atoms with Crippen LogP contribution >= 0.6 is 11.8 Å². The van der Waals surface area contributed by atoms with Gasteiger partial charge in [-0.2, -0.15) is 0 Å². The highest BCUT2D eigenvalue weighted by Gasteiger charge is 2.27. The van der Waals surface area contributed by atoms with Gasteiger partial charge in [0.25, 0.3) is 0 Å². The molecule has 0 aliphatic heterocycles. The predicted octanol–water partition coefficient (Wildman–Crippen LogP) is 3.12. The zero-order chi connectivity index (χ0) is 20.7. The lowest BCUT2D eigenvalue weighted by Crippen LogP contribution is -2.35. The molecule has 2 aromatic rings. The number of ketones is 1. The van der Waals surface area contributed by atoms with Gasteiger partial charge in [-0.15, -0.1) is 0 Å². The van der Waals surface area contributed by atoms with Gasteiger partial charge < -0.3 is 10.0 Å². The molecule has 0 saturated heterocycles. The van der Waals surface area contributed by atoms with Crippen molar-refractivity contribution in [1.29, 1.82) is 0 Å². The van der Waals surface area contributed by atoms with Crippen molar-refractivity contribution >= 4 is 34.5 Å². The summed E-state index contributed by atoms with van der Waals surface area (Å²) in [4.78, 5) is 48.4. The van der Waals surface area contributed by atoms with E-state index in [1.165, 1.54) is 14.0 Å². The molecule has 28 heavy (non-hydrogen) atoms. The number of hydrogen-bond acceptors (Lipinski definition) is 5. The van der Waals surface area contributed by atoms with Gasteiger partial charge in [0.15, 0.2) is 10.9 Å². The molecule has 0 heterocycles. The van der Waals surface area contributed by atoms with Gasteiger partial charge in [-0.05, 0) is 11.1 Å². The van der Waals surface area contributed by atoms with Crippen LogP contribution in [0.4, 0.5) is 0 Å². The van der Waals surface area contributed by atoms with Crippen LogP contribution in [0.25, 0.3) is 11.1 Å². The summed E-state index contributed by atoms with van der Waals surface area (Å²) in [5, 5.41) is 7.62. The van der Waals surface area contributed by atoms with Crippen molar-refractivity contribution in [3.63, 3.8) is 0 Å². The Hall–Kier alpha value is -2.93. The van der Waals surface area contributed by atoms with Crippen LogP contribution in [0.5, 0.6) is 0 Å². The van der Waals surface area contributed by atoms with E-state index in [4.69, 9.17) is 5.11 Å². The molecule has 0 bridgehead atoms. The van der Waals surface area contributed by atoms with E-state index in [1.54, 1.807) is 12.1 Å². The Balaban J connectivity index is 2.17. The van der Waals surface area contributed by atoms with Crippen LogP contribution in [0.1, 0.15) is 23.7 Å². The Morgan fingerprint density at radius 3 is 2.07 bits per heavy atom. The molecule has 0 spiro atoms. The molecule has 0 aliphatic carbocycles. The molecular formula is C21H21NO5S. The van der Waals surface area contributed by atoms with Crippen molar-refractivity contribution in [2.75, 3.05) is 13.6 Å². The molecule has 1 amide bonds. The standard InChI is InChI=1S/C21H21NO5S/c1-14(23)28-18(12-19(24)22(2)13-20(25)26)21(27)17-10-8-16(9-11-17)15-6-4-3-5-7-15/h3-11,18H,12-13H2,1-2H3,(H,25,26). The number of hydrogen-bond donors (Lipinski definition) is 1. The Morgan fingerprint density at radius 1 is 0.964 bits per heavy atom. The van der Waals surface area contributed by atoms with Crippen molar-refractivity contribution in [2.45, 2.75) is 18.6 Å². The van der Waals surface area contributed by atoms with Crippen molar-refractivity contribution < 1.29 is 24.3 Å². The molecule has 2 rings (SSSR count). The summed E-state index contributed by atoms with van der Waals surface area (Å²) in [6.45, 7) is 0.866. The smallest absolute Gasteiger partial charge is 0.323 e. The van der Waals surface area contributed by atoms with Gasteiger partial charge in [-0.1, -0.05) is 66.4 Å². The lowest BCUT2D eigenvalue weighted by atomic mass is 10.0. The molecule has 1 atom stereocenters. The van der Waals surface area contributed by atoms with E-state index < -0.39 is 23.7 Å². The van der Waals surface area contributed by atoms with Gasteiger partial charge in [-0.3, -0.25) is 19.2 Å². The largest absolute Gasteiger partial charge is 0.480 e. The van der Waals surface area contributed by atoms with Crippen molar-refractivity contribution in [1.82, 2.24) is 4.90 Å². The normalized spacial score (nSPS) is 11.5. The van der Waals surface area contributed by atoms with E-state index in [1.807, 2.05) is 42.5 Å². The van der Waals surface area contributed by atoms with E-state index in [9.17, 15) is 19.2 Å². The first-order chi connectivity index (χ1) is 13.3. The summed E-state index contributed by atoms with van der Waals surface area (Å²) in [6, 6.07) is 16.7. The highest BCUT2D eigenvalue weighted by Crippen LogP contribution is 2.24. The van der Waals surface area contributed by atoms with Crippen molar-refractivity contribution in [3.8, 4) is 11.1 Å². The second-order valence-electron chi connectivity index (χ2n) is 6.25. The van der Waals surface area contributed by atoms with Crippen molar-refractivity contribution in [2.24, 2.45) is 0 Å². The van der Waals surface area contributed by atoms with Crippen LogP contribution in [0, 0.1) is 0 Å². The highest BCUT2D eigenvalue weighted by molar-refractivity contribution is 8.14. The van der Waals surface area contributed by atoms with E-state index in [-0.39, 0.29) is 17.3 Å². The summed E-state index contributed by atoms with van der Waals surface area (Å²) >= 11 is 0.784. The summed E-state index contributed by atoms with van der Waals surface area (Å²) in [7, 11) is 1.35. The lowest BCUT2D eigenvalue weighted by Gasteiger charge is -2.19. The number of nitrogens with zero attached hydrogens (tertiary/aromatic N) is 1. The molecule has 0 saturated carbocycles. The number of rotatable bonds is 8. The summed E-state index contributed by atoms with van der Waals surface area (Å²) in [5.74, 6) is -1.98. The maximum atomic E-state index is 12.8. The number of benzene rings is 2. The third-order valence-electron chi connectivity index (χ3n) is 4.04. The number of carbonyl (C=O) groups is 4. The fourth-order valence-corrected chi connectivity index (χ4v) is 3.51. The van der Waals surface area contributed by atoms with Crippen LogP contribution in [-0.2, 0) is 14.4 Å². The second kappa shape index (κ2) is 9.85. The average molecular weight is 399 g/mol. The number of aliphatic carboxylic acids is 1. The SMILES string of the molecule is CC(=O)SC(CC(=O)N(C)CC(=O)O)C(=O)c1ccc(-c2ccccc2)cc1. The zero-order valence-electron chi connectivity index (χ0n) is 15.6. The fourth-order valence-electron chi connectivity index (χ4n) is 2.64. The molecule has 7 heteroatoms. The minimum Gasteiger partial charge on any atom is -0.480 e. The van der Waals surface area contributed by atoms with Gasteiger partial charge >= 0.3 is 5.97 Å². The first kappa shape index (κ1) is 21.4. The molecule has 0 radical (unpaired) electrons. The van der Waals surface area contributed by atoms with Crippen LogP contribution < -0.4 is 0 Å². The first-order valence-electron chi connectivity index (χ1n) is 8.60. The first-order valence-corrected chi connectivity index (χ1v) is 9.48. The Morgan fingerprint density at radius 2 is 1.54 bits per heavy atom.